The molecule has 5 aromatic carbocycles. The van der Waals surface area contributed by atoms with E-state index in [1.807, 2.05) is 115 Å². The lowest BCUT2D eigenvalue weighted by atomic mass is 9.88. The fraction of sp³-hybridized carbons (Fsp3) is 0. The van der Waals surface area contributed by atoms with Gasteiger partial charge in [-0.2, -0.15) is 0 Å². The third kappa shape index (κ3) is 4.25. The Morgan fingerprint density at radius 1 is 0.524 bits per heavy atom. The SMILES string of the molecule is N=C1C=Cc2c(-c3ccc(-c4ccc(P(=O)(c5ccccc5)c5ccccc5)cc4)cc3)nc3ccccc3c2C1=N. The highest BCUT2D eigenvalue weighted by Gasteiger charge is 2.29. The van der Waals surface area contributed by atoms with Crippen molar-refractivity contribution in [2.45, 2.75) is 0 Å². The van der Waals surface area contributed by atoms with E-state index in [0.29, 0.717) is 0 Å². The normalized spacial score (nSPS) is 12.9. The molecule has 0 aliphatic heterocycles. The minimum atomic E-state index is -3.02. The lowest BCUT2D eigenvalue weighted by Gasteiger charge is -2.20. The van der Waals surface area contributed by atoms with Crippen molar-refractivity contribution in [1.29, 1.82) is 10.8 Å². The largest absolute Gasteiger partial charge is 0.309 e. The Hall–Kier alpha value is -5.18. The van der Waals surface area contributed by atoms with Crippen LogP contribution in [-0.4, -0.2) is 16.4 Å². The summed E-state index contributed by atoms with van der Waals surface area (Å²) in [5.74, 6) is 0. The van der Waals surface area contributed by atoms with E-state index in [2.05, 4.69) is 24.3 Å². The predicted octanol–water partition coefficient (Wildman–Crippen LogP) is 7.62. The summed E-state index contributed by atoms with van der Waals surface area (Å²) in [6, 6.07) is 43.5. The van der Waals surface area contributed by atoms with Crippen LogP contribution in [0.5, 0.6) is 0 Å². The molecule has 1 aliphatic carbocycles. The lowest BCUT2D eigenvalue weighted by Crippen LogP contribution is -2.24. The van der Waals surface area contributed by atoms with Crippen molar-refractivity contribution in [1.82, 2.24) is 4.98 Å². The average molecular weight is 560 g/mol. The maximum atomic E-state index is 14.7. The van der Waals surface area contributed by atoms with E-state index in [1.165, 1.54) is 0 Å². The van der Waals surface area contributed by atoms with Gasteiger partial charge >= 0.3 is 0 Å². The highest BCUT2D eigenvalue weighted by molar-refractivity contribution is 7.85. The first-order chi connectivity index (χ1) is 20.5. The molecule has 6 aromatic rings. The Balaban J connectivity index is 1.26. The van der Waals surface area contributed by atoms with Crippen LogP contribution in [0.15, 0.2) is 140 Å². The molecule has 0 saturated carbocycles. The number of allylic oxidation sites excluding steroid dienone is 1. The fourth-order valence-electron chi connectivity index (χ4n) is 5.67. The summed E-state index contributed by atoms with van der Waals surface area (Å²) < 4.78 is 14.7. The summed E-state index contributed by atoms with van der Waals surface area (Å²) in [6.45, 7) is 0. The Bertz CT molecular complexity index is 2020. The third-order valence-corrected chi connectivity index (χ3v) is 10.9. The first-order valence-electron chi connectivity index (χ1n) is 13.8. The van der Waals surface area contributed by atoms with E-state index in [9.17, 15) is 4.57 Å². The van der Waals surface area contributed by atoms with Crippen molar-refractivity contribution >= 4 is 51.5 Å². The van der Waals surface area contributed by atoms with Crippen LogP contribution in [0.4, 0.5) is 0 Å². The molecule has 0 unspecified atom stereocenters. The van der Waals surface area contributed by atoms with Gasteiger partial charge in [0.25, 0.3) is 0 Å². The number of benzene rings is 5. The molecule has 1 heterocycles. The zero-order valence-electron chi connectivity index (χ0n) is 22.7. The van der Waals surface area contributed by atoms with Gasteiger partial charge in [0.1, 0.15) is 0 Å². The van der Waals surface area contributed by atoms with Crippen LogP contribution in [0.3, 0.4) is 0 Å². The number of nitrogens with zero attached hydrogens (tertiary/aromatic N) is 1. The summed E-state index contributed by atoms with van der Waals surface area (Å²) >= 11 is 0. The van der Waals surface area contributed by atoms with Gasteiger partial charge in [-0.25, -0.2) is 4.98 Å². The second-order valence-electron chi connectivity index (χ2n) is 10.3. The van der Waals surface area contributed by atoms with Crippen LogP contribution in [-0.2, 0) is 4.57 Å². The van der Waals surface area contributed by atoms with Gasteiger partial charge in [-0.15, -0.1) is 0 Å². The van der Waals surface area contributed by atoms with Crippen molar-refractivity contribution in [2.24, 2.45) is 0 Å². The highest BCUT2D eigenvalue weighted by atomic mass is 31.2. The Labute approximate surface area is 244 Å². The van der Waals surface area contributed by atoms with Gasteiger partial charge in [0, 0.05) is 38.0 Å². The monoisotopic (exact) mass is 559 g/mol. The molecular formula is C37H26N3OP. The Morgan fingerprint density at radius 3 is 1.64 bits per heavy atom. The standard InChI is InChI=1S/C37H26N3OP/c38-33-24-23-32-35(36(33)39)31-13-7-8-14-34(31)40-37(32)27-17-15-25(16-18-27)26-19-21-30(22-20-26)42(41,28-9-3-1-4-10-28)29-11-5-2-6-12-29/h1-24,38-39H. The Kier molecular flexibility index (Phi) is 6.34. The minimum absolute atomic E-state index is 0.202. The number of hydrogen-bond acceptors (Lipinski definition) is 4. The molecule has 1 aliphatic rings. The molecule has 0 saturated heterocycles. The number of para-hydroxylation sites is 1. The topological polar surface area (TPSA) is 77.7 Å². The molecule has 200 valence electrons. The van der Waals surface area contributed by atoms with Crippen LogP contribution in [0, 0.1) is 10.8 Å². The van der Waals surface area contributed by atoms with Gasteiger partial charge in [-0.1, -0.05) is 127 Å². The smallest absolute Gasteiger partial charge is 0.171 e. The molecule has 0 bridgehead atoms. The summed E-state index contributed by atoms with van der Waals surface area (Å²) in [5, 5.41) is 20.1. The predicted molar refractivity (Wildman–Crippen MR) is 176 cm³/mol. The zero-order valence-corrected chi connectivity index (χ0v) is 23.6. The molecule has 0 spiro atoms. The maximum absolute atomic E-state index is 14.7. The molecule has 2 N–H and O–H groups in total. The van der Waals surface area contributed by atoms with E-state index in [4.69, 9.17) is 15.8 Å². The first-order valence-corrected chi connectivity index (χ1v) is 15.5. The number of fused-ring (bicyclic) bond motifs is 3. The molecule has 0 atom stereocenters. The summed E-state index contributed by atoms with van der Waals surface area (Å²) in [5.41, 5.74) is 6.65. The van der Waals surface area contributed by atoms with Crippen LogP contribution in [0.2, 0.25) is 0 Å². The van der Waals surface area contributed by atoms with Gasteiger partial charge in [0.05, 0.1) is 22.6 Å². The van der Waals surface area contributed by atoms with Gasteiger partial charge in [-0.05, 0) is 29.3 Å². The molecule has 0 fully saturated rings. The fourth-order valence-corrected chi connectivity index (χ4v) is 8.32. The first kappa shape index (κ1) is 25.8. The molecule has 4 nitrogen and oxygen atoms in total. The molecule has 42 heavy (non-hydrogen) atoms. The van der Waals surface area contributed by atoms with E-state index in [0.717, 1.165) is 60.3 Å². The summed E-state index contributed by atoms with van der Waals surface area (Å²) in [6.07, 6.45) is 3.57. The van der Waals surface area contributed by atoms with Crippen molar-refractivity contribution in [3.8, 4) is 22.4 Å². The van der Waals surface area contributed by atoms with Gasteiger partial charge in [0.15, 0.2) is 7.14 Å². The van der Waals surface area contributed by atoms with Crippen LogP contribution < -0.4 is 15.9 Å². The molecule has 1 aromatic heterocycles. The molecule has 0 amide bonds. The quantitative estimate of drug-likeness (QED) is 0.213. The zero-order chi connectivity index (χ0) is 28.7. The number of pyridine rings is 1. The number of nitrogens with one attached hydrogen (secondary N) is 2. The summed E-state index contributed by atoms with van der Waals surface area (Å²) in [4.78, 5) is 4.97. The molecule has 0 radical (unpaired) electrons. The lowest BCUT2D eigenvalue weighted by molar-refractivity contribution is 0.592. The van der Waals surface area contributed by atoms with Crippen molar-refractivity contribution in [2.75, 3.05) is 0 Å². The van der Waals surface area contributed by atoms with Gasteiger partial charge in [-0.3, -0.25) is 10.8 Å². The second kappa shape index (κ2) is 10.3. The van der Waals surface area contributed by atoms with Crippen LogP contribution in [0.1, 0.15) is 11.1 Å². The molecular weight excluding hydrogens is 533 g/mol. The van der Waals surface area contributed by atoms with E-state index in [1.54, 1.807) is 6.08 Å². The van der Waals surface area contributed by atoms with Crippen molar-refractivity contribution in [3.05, 3.63) is 151 Å². The van der Waals surface area contributed by atoms with Gasteiger partial charge < -0.3 is 4.57 Å². The number of aromatic nitrogens is 1. The van der Waals surface area contributed by atoms with Gasteiger partial charge in [0.2, 0.25) is 0 Å². The second-order valence-corrected chi connectivity index (χ2v) is 13.1. The maximum Gasteiger partial charge on any atom is 0.171 e. The number of hydrogen-bond donors (Lipinski definition) is 2. The van der Waals surface area contributed by atoms with Crippen LogP contribution >= 0.6 is 7.14 Å². The average Bonchev–Trinajstić information content (AvgIpc) is 3.06. The van der Waals surface area contributed by atoms with Crippen molar-refractivity contribution < 1.29 is 4.57 Å². The van der Waals surface area contributed by atoms with E-state index in [-0.39, 0.29) is 11.4 Å². The molecule has 5 heteroatoms. The minimum Gasteiger partial charge on any atom is -0.309 e. The van der Waals surface area contributed by atoms with Crippen molar-refractivity contribution in [3.63, 3.8) is 0 Å². The third-order valence-electron chi connectivity index (χ3n) is 7.83. The summed E-state index contributed by atoms with van der Waals surface area (Å²) in [7, 11) is -3.02. The highest BCUT2D eigenvalue weighted by Crippen LogP contribution is 2.42. The van der Waals surface area contributed by atoms with Crippen LogP contribution in [0.25, 0.3) is 39.4 Å². The van der Waals surface area contributed by atoms with E-state index < -0.39 is 7.14 Å². The number of rotatable bonds is 5. The van der Waals surface area contributed by atoms with E-state index >= 15 is 0 Å². The molecule has 7 rings (SSSR count). The Morgan fingerprint density at radius 2 is 1.02 bits per heavy atom.